The molecule has 169 valence electrons. The molecule has 0 saturated carbocycles. The Bertz CT molecular complexity index is 1710. The third-order valence-electron chi connectivity index (χ3n) is 6.93. The minimum absolute atomic E-state index is 0. The van der Waals surface area contributed by atoms with Crippen LogP contribution in [0.1, 0.15) is 22.3 Å². The van der Waals surface area contributed by atoms with Crippen molar-refractivity contribution in [3.05, 3.63) is 107 Å². The van der Waals surface area contributed by atoms with Crippen LogP contribution in [0.5, 0.6) is 0 Å². The van der Waals surface area contributed by atoms with E-state index in [4.69, 9.17) is 5.10 Å². The van der Waals surface area contributed by atoms with Gasteiger partial charge in [-0.1, -0.05) is 71.4 Å². The number of pyridine rings is 1. The van der Waals surface area contributed by atoms with Gasteiger partial charge in [0.25, 0.3) is 0 Å². The van der Waals surface area contributed by atoms with E-state index in [0.717, 1.165) is 16.7 Å². The van der Waals surface area contributed by atoms with Crippen LogP contribution in [0.25, 0.3) is 49.6 Å². The van der Waals surface area contributed by atoms with Gasteiger partial charge in [-0.05, 0) is 72.5 Å². The minimum atomic E-state index is 0. The number of fused-ring (bicyclic) bond motifs is 6. The van der Waals surface area contributed by atoms with Gasteiger partial charge in [0, 0.05) is 25.7 Å². The van der Waals surface area contributed by atoms with E-state index in [2.05, 4.69) is 111 Å². The molecule has 1 radical (unpaired) electrons. The van der Waals surface area contributed by atoms with Crippen molar-refractivity contribution >= 4 is 27.2 Å². The van der Waals surface area contributed by atoms with Crippen LogP contribution in [0.15, 0.2) is 78.9 Å². The second-order valence-electron chi connectivity index (χ2n) is 9.05. The molecule has 0 fully saturated rings. The van der Waals surface area contributed by atoms with Crippen molar-refractivity contribution in [2.45, 2.75) is 27.7 Å². The molecule has 0 saturated heterocycles. The molecule has 2 nitrogen and oxygen atoms in total. The fourth-order valence-electron chi connectivity index (χ4n) is 5.00. The predicted molar refractivity (Wildman–Crippen MR) is 139 cm³/mol. The van der Waals surface area contributed by atoms with Crippen LogP contribution in [0, 0.1) is 33.8 Å². The van der Waals surface area contributed by atoms with Crippen molar-refractivity contribution in [2.24, 2.45) is 0 Å². The van der Waals surface area contributed by atoms with Gasteiger partial charge in [-0.2, -0.15) is 23.3 Å². The van der Waals surface area contributed by atoms with Crippen LogP contribution in [-0.2, 0) is 20.1 Å². The molecule has 0 amide bonds. The van der Waals surface area contributed by atoms with Gasteiger partial charge in [-0.25, -0.2) is 0 Å². The van der Waals surface area contributed by atoms with E-state index in [1.807, 2.05) is 6.07 Å². The molecule has 2 heterocycles. The summed E-state index contributed by atoms with van der Waals surface area (Å²) in [5, 5.41) is 8.81. The SMILES string of the molecule is Cc1cc2c(cc1C)c1cc(-c3ccccc3C)nn1c1[c-]ccc(-c3ccccc3C)c21.[Ir]. The molecule has 0 atom stereocenters. The first kappa shape index (κ1) is 22.5. The Morgan fingerprint density at radius 3 is 1.94 bits per heavy atom. The Morgan fingerprint density at radius 1 is 0.647 bits per heavy atom. The summed E-state index contributed by atoms with van der Waals surface area (Å²) < 4.78 is 2.09. The van der Waals surface area contributed by atoms with Gasteiger partial charge in [0.05, 0.1) is 11.2 Å². The third kappa shape index (κ3) is 3.39. The quantitative estimate of drug-likeness (QED) is 0.142. The van der Waals surface area contributed by atoms with Crippen molar-refractivity contribution in [1.82, 2.24) is 9.61 Å². The molecule has 2 aromatic heterocycles. The van der Waals surface area contributed by atoms with Gasteiger partial charge < -0.3 is 0 Å². The van der Waals surface area contributed by atoms with Gasteiger partial charge in [-0.15, -0.1) is 5.56 Å². The van der Waals surface area contributed by atoms with Crippen LogP contribution in [0.3, 0.4) is 0 Å². The molecule has 0 aliphatic rings. The number of rotatable bonds is 2. The second kappa shape index (κ2) is 8.51. The number of aromatic nitrogens is 2. The molecule has 0 N–H and O–H groups in total. The molecule has 0 unspecified atom stereocenters. The van der Waals surface area contributed by atoms with Crippen LogP contribution in [-0.4, -0.2) is 9.61 Å². The van der Waals surface area contributed by atoms with Crippen molar-refractivity contribution < 1.29 is 20.1 Å². The Morgan fingerprint density at radius 2 is 1.26 bits per heavy atom. The van der Waals surface area contributed by atoms with Gasteiger partial charge in [0.2, 0.25) is 0 Å². The molecule has 34 heavy (non-hydrogen) atoms. The Balaban J connectivity index is 0.00000241. The molecule has 0 aliphatic carbocycles. The maximum Gasteiger partial charge on any atom is 0.0935 e. The zero-order chi connectivity index (χ0) is 22.7. The van der Waals surface area contributed by atoms with Crippen molar-refractivity contribution in [3.8, 4) is 22.4 Å². The fraction of sp³-hybridized carbons (Fsp3) is 0.129. The standard InChI is InChI=1S/C31H25N2.Ir/c1-19-10-5-7-12-23(19)25-14-9-15-29-31(25)27-17-22(4)21(3)16-26(27)30-18-28(32-33(29)30)24-13-8-6-11-20(24)2;/h5-14,16-18H,1-4H3;/q-1;. The average molecular weight is 618 g/mol. The first-order valence-corrected chi connectivity index (χ1v) is 11.4. The predicted octanol–water partition coefficient (Wildman–Crippen LogP) is 8.01. The van der Waals surface area contributed by atoms with E-state index >= 15 is 0 Å². The minimum Gasteiger partial charge on any atom is -0.257 e. The summed E-state index contributed by atoms with van der Waals surface area (Å²) in [6.45, 7) is 8.71. The van der Waals surface area contributed by atoms with E-state index in [1.165, 1.54) is 55.1 Å². The van der Waals surface area contributed by atoms with E-state index in [0.29, 0.717) is 0 Å². The number of aryl methyl sites for hydroxylation is 4. The Hall–Kier alpha value is -3.26. The third-order valence-corrected chi connectivity index (χ3v) is 6.93. The first-order valence-electron chi connectivity index (χ1n) is 11.4. The fourth-order valence-corrected chi connectivity index (χ4v) is 5.00. The van der Waals surface area contributed by atoms with Crippen molar-refractivity contribution in [3.63, 3.8) is 0 Å². The molecule has 0 spiro atoms. The van der Waals surface area contributed by atoms with Crippen LogP contribution < -0.4 is 0 Å². The summed E-state index contributed by atoms with van der Waals surface area (Å²) in [5.74, 6) is 0. The van der Waals surface area contributed by atoms with Gasteiger partial charge in [0.1, 0.15) is 0 Å². The second-order valence-corrected chi connectivity index (χ2v) is 9.05. The largest absolute Gasteiger partial charge is 0.257 e. The summed E-state index contributed by atoms with van der Waals surface area (Å²) in [6.07, 6.45) is 0. The van der Waals surface area contributed by atoms with Crippen LogP contribution >= 0.6 is 0 Å². The number of nitrogens with zero attached hydrogens (tertiary/aromatic N) is 2. The van der Waals surface area contributed by atoms with Gasteiger partial charge >= 0.3 is 0 Å². The van der Waals surface area contributed by atoms with Crippen LogP contribution in [0.4, 0.5) is 0 Å². The summed E-state index contributed by atoms with van der Waals surface area (Å²) in [7, 11) is 0. The smallest absolute Gasteiger partial charge is 0.0935 e. The zero-order valence-electron chi connectivity index (χ0n) is 19.7. The normalized spacial score (nSPS) is 11.3. The van der Waals surface area contributed by atoms with Crippen molar-refractivity contribution in [2.75, 3.05) is 0 Å². The van der Waals surface area contributed by atoms with Crippen LogP contribution in [0.2, 0.25) is 0 Å². The molecular weight excluding hydrogens is 593 g/mol. The first-order chi connectivity index (χ1) is 16.0. The van der Waals surface area contributed by atoms with Crippen molar-refractivity contribution in [1.29, 1.82) is 0 Å². The molecule has 6 rings (SSSR count). The Labute approximate surface area is 213 Å². The number of hydrogen-bond donors (Lipinski definition) is 0. The van der Waals surface area contributed by atoms with E-state index in [-0.39, 0.29) is 20.1 Å². The average Bonchev–Trinajstić information content (AvgIpc) is 3.26. The van der Waals surface area contributed by atoms with E-state index < -0.39 is 0 Å². The van der Waals surface area contributed by atoms with Gasteiger partial charge in [0.15, 0.2) is 0 Å². The topological polar surface area (TPSA) is 17.3 Å². The zero-order valence-corrected chi connectivity index (χ0v) is 22.1. The summed E-state index contributed by atoms with van der Waals surface area (Å²) >= 11 is 0. The molecule has 0 bridgehead atoms. The maximum absolute atomic E-state index is 5.12. The summed E-state index contributed by atoms with van der Waals surface area (Å²) in [5.41, 5.74) is 11.9. The Kier molecular flexibility index (Phi) is 5.64. The number of benzene rings is 4. The van der Waals surface area contributed by atoms with E-state index in [1.54, 1.807) is 0 Å². The molecule has 0 aliphatic heterocycles. The van der Waals surface area contributed by atoms with E-state index in [9.17, 15) is 0 Å². The maximum atomic E-state index is 5.12. The van der Waals surface area contributed by atoms with Gasteiger partial charge in [-0.3, -0.25) is 4.52 Å². The summed E-state index contributed by atoms with van der Waals surface area (Å²) in [6, 6.07) is 31.7. The monoisotopic (exact) mass is 618 g/mol. The molecule has 3 heteroatoms. The number of hydrogen-bond acceptors (Lipinski definition) is 1. The molecular formula is C31H25IrN2-. The molecule has 4 aromatic carbocycles. The molecule has 6 aromatic rings. The summed E-state index contributed by atoms with van der Waals surface area (Å²) in [4.78, 5) is 0.